The summed E-state index contributed by atoms with van der Waals surface area (Å²) in [6.45, 7) is 10.9. The number of nitrogens with zero attached hydrogens (tertiary/aromatic N) is 3. The Morgan fingerprint density at radius 2 is 1.80 bits per heavy atom. The number of rotatable bonds is 1. The molecule has 2 heterocycles. The van der Waals surface area contributed by atoms with Crippen LogP contribution in [0.1, 0.15) is 49.8 Å². The van der Waals surface area contributed by atoms with Gasteiger partial charge >= 0.3 is 0 Å². The first-order chi connectivity index (χ1) is 9.41. The molecule has 1 aliphatic carbocycles. The van der Waals surface area contributed by atoms with E-state index in [4.69, 9.17) is 10.7 Å². The van der Waals surface area contributed by atoms with Crippen LogP contribution in [0.2, 0.25) is 0 Å². The van der Waals surface area contributed by atoms with Gasteiger partial charge in [-0.05, 0) is 51.0 Å². The average Bonchev–Trinajstić information content (AvgIpc) is 2.81. The van der Waals surface area contributed by atoms with Gasteiger partial charge in [0.05, 0.1) is 5.39 Å². The normalized spacial score (nSPS) is 26.6. The van der Waals surface area contributed by atoms with Gasteiger partial charge in [0.2, 0.25) is 0 Å². The molecule has 2 N–H and O–H groups in total. The first-order valence-corrected chi connectivity index (χ1v) is 7.53. The predicted molar refractivity (Wildman–Crippen MR) is 82.8 cm³/mol. The number of hydrogen-bond acceptors (Lipinski definition) is 3. The minimum Gasteiger partial charge on any atom is -0.383 e. The van der Waals surface area contributed by atoms with Gasteiger partial charge in [-0.25, -0.2) is 9.97 Å². The van der Waals surface area contributed by atoms with Crippen molar-refractivity contribution in [2.24, 2.45) is 11.8 Å². The van der Waals surface area contributed by atoms with Crippen LogP contribution in [-0.2, 0) is 0 Å². The largest absolute Gasteiger partial charge is 0.383 e. The average molecular weight is 272 g/mol. The molecule has 3 unspecified atom stereocenters. The Labute approximate surface area is 120 Å². The van der Waals surface area contributed by atoms with Crippen molar-refractivity contribution >= 4 is 16.9 Å². The van der Waals surface area contributed by atoms with Crippen LogP contribution >= 0.6 is 0 Å². The Morgan fingerprint density at radius 3 is 2.40 bits per heavy atom. The van der Waals surface area contributed by atoms with Crippen molar-refractivity contribution in [3.8, 4) is 0 Å². The molecule has 0 saturated heterocycles. The van der Waals surface area contributed by atoms with E-state index < -0.39 is 0 Å². The molecule has 2 aromatic rings. The molecule has 2 aromatic heterocycles. The summed E-state index contributed by atoms with van der Waals surface area (Å²) in [5.41, 5.74) is 9.68. The van der Waals surface area contributed by atoms with E-state index >= 15 is 0 Å². The van der Waals surface area contributed by atoms with Crippen molar-refractivity contribution in [3.05, 3.63) is 17.1 Å². The Balaban J connectivity index is 2.28. The molecule has 4 heteroatoms. The first kappa shape index (κ1) is 13.4. The zero-order chi connectivity index (χ0) is 14.6. The van der Waals surface area contributed by atoms with Gasteiger partial charge in [0, 0.05) is 11.7 Å². The molecule has 4 nitrogen and oxygen atoms in total. The van der Waals surface area contributed by atoms with Crippen LogP contribution in [0.4, 0.5) is 5.82 Å². The van der Waals surface area contributed by atoms with E-state index in [-0.39, 0.29) is 0 Å². The molecule has 3 atom stereocenters. The number of hydrogen-bond donors (Lipinski definition) is 1. The lowest BCUT2D eigenvalue weighted by Gasteiger charge is -2.22. The van der Waals surface area contributed by atoms with Crippen LogP contribution in [0.5, 0.6) is 0 Å². The standard InChI is InChI=1S/C16H24N4/c1-8-6-7-13(9(8)2)20-11(4)10(3)14-15(17)18-12(5)19-16(14)20/h8-9,13H,6-7H2,1-5H3,(H2,17,18,19). The monoisotopic (exact) mass is 272 g/mol. The second-order valence-corrected chi connectivity index (χ2v) is 6.42. The third-order valence-corrected chi connectivity index (χ3v) is 5.29. The minimum absolute atomic E-state index is 0.537. The quantitative estimate of drug-likeness (QED) is 0.863. The molecule has 0 radical (unpaired) electrons. The fourth-order valence-electron chi connectivity index (χ4n) is 3.74. The second kappa shape index (κ2) is 4.47. The van der Waals surface area contributed by atoms with E-state index in [0.717, 1.165) is 22.8 Å². The molecule has 108 valence electrons. The summed E-state index contributed by atoms with van der Waals surface area (Å²) in [6.07, 6.45) is 2.53. The highest BCUT2D eigenvalue weighted by Gasteiger charge is 2.33. The van der Waals surface area contributed by atoms with Crippen molar-refractivity contribution < 1.29 is 0 Å². The molecule has 20 heavy (non-hydrogen) atoms. The highest BCUT2D eigenvalue weighted by molar-refractivity contribution is 5.91. The molecule has 0 bridgehead atoms. The van der Waals surface area contributed by atoms with Gasteiger partial charge in [-0.15, -0.1) is 0 Å². The van der Waals surface area contributed by atoms with E-state index in [1.165, 1.54) is 24.1 Å². The fourth-order valence-corrected chi connectivity index (χ4v) is 3.74. The second-order valence-electron chi connectivity index (χ2n) is 6.42. The molecule has 1 saturated carbocycles. The summed E-state index contributed by atoms with van der Waals surface area (Å²) in [4.78, 5) is 9.02. The Morgan fingerprint density at radius 1 is 1.10 bits per heavy atom. The van der Waals surface area contributed by atoms with Gasteiger partial charge in [-0.1, -0.05) is 13.8 Å². The Bertz CT molecular complexity index is 671. The molecule has 0 aliphatic heterocycles. The molecule has 0 aromatic carbocycles. The van der Waals surface area contributed by atoms with Crippen LogP contribution in [0, 0.1) is 32.6 Å². The molecule has 1 fully saturated rings. The molecule has 3 rings (SSSR count). The summed E-state index contributed by atoms with van der Waals surface area (Å²) in [5.74, 6) is 2.83. The summed E-state index contributed by atoms with van der Waals surface area (Å²) in [5, 5.41) is 1.04. The molecule has 0 amide bonds. The summed E-state index contributed by atoms with van der Waals surface area (Å²) < 4.78 is 2.42. The van der Waals surface area contributed by atoms with Crippen molar-refractivity contribution in [3.63, 3.8) is 0 Å². The van der Waals surface area contributed by atoms with E-state index in [9.17, 15) is 0 Å². The van der Waals surface area contributed by atoms with E-state index in [1.807, 2.05) is 6.92 Å². The van der Waals surface area contributed by atoms with Gasteiger partial charge in [0.25, 0.3) is 0 Å². The van der Waals surface area contributed by atoms with E-state index in [1.54, 1.807) is 0 Å². The highest BCUT2D eigenvalue weighted by Crippen LogP contribution is 2.43. The minimum atomic E-state index is 0.537. The van der Waals surface area contributed by atoms with Gasteiger partial charge < -0.3 is 10.3 Å². The number of aryl methyl sites for hydroxylation is 2. The lowest BCUT2D eigenvalue weighted by atomic mass is 9.97. The molecular weight excluding hydrogens is 248 g/mol. The SMILES string of the molecule is Cc1nc(N)c2c(C)c(C)n(C3CCC(C)C3C)c2n1. The third-order valence-electron chi connectivity index (χ3n) is 5.29. The number of anilines is 1. The maximum absolute atomic E-state index is 6.14. The van der Waals surface area contributed by atoms with Gasteiger partial charge in [0.1, 0.15) is 17.3 Å². The lowest BCUT2D eigenvalue weighted by Crippen LogP contribution is -2.16. The van der Waals surface area contributed by atoms with Gasteiger partial charge in [0.15, 0.2) is 0 Å². The van der Waals surface area contributed by atoms with Crippen molar-refractivity contribution in [2.75, 3.05) is 5.73 Å². The lowest BCUT2D eigenvalue weighted by molar-refractivity contribution is 0.354. The Kier molecular flexibility index (Phi) is 3.00. The van der Waals surface area contributed by atoms with E-state index in [2.05, 4.69) is 37.2 Å². The van der Waals surface area contributed by atoms with Crippen molar-refractivity contribution in [2.45, 2.75) is 53.5 Å². The number of fused-ring (bicyclic) bond motifs is 1. The first-order valence-electron chi connectivity index (χ1n) is 7.53. The van der Waals surface area contributed by atoms with Crippen LogP contribution in [0.15, 0.2) is 0 Å². The van der Waals surface area contributed by atoms with Crippen LogP contribution in [0.25, 0.3) is 11.0 Å². The number of aromatic nitrogens is 3. The number of nitrogen functional groups attached to an aromatic ring is 1. The van der Waals surface area contributed by atoms with Crippen molar-refractivity contribution in [1.29, 1.82) is 0 Å². The topological polar surface area (TPSA) is 56.7 Å². The maximum atomic E-state index is 6.14. The summed E-state index contributed by atoms with van der Waals surface area (Å²) in [6, 6.07) is 0.537. The van der Waals surface area contributed by atoms with Gasteiger partial charge in [-0.3, -0.25) is 0 Å². The third kappa shape index (κ3) is 1.74. The molecular formula is C16H24N4. The molecule has 0 spiro atoms. The Hall–Kier alpha value is -1.58. The zero-order valence-corrected chi connectivity index (χ0v) is 13.1. The van der Waals surface area contributed by atoms with E-state index in [0.29, 0.717) is 17.8 Å². The van der Waals surface area contributed by atoms with Crippen molar-refractivity contribution in [1.82, 2.24) is 14.5 Å². The van der Waals surface area contributed by atoms with Crippen LogP contribution in [0.3, 0.4) is 0 Å². The predicted octanol–water partition coefficient (Wildman–Crippen LogP) is 3.55. The summed E-state index contributed by atoms with van der Waals surface area (Å²) in [7, 11) is 0. The summed E-state index contributed by atoms with van der Waals surface area (Å²) >= 11 is 0. The number of nitrogens with two attached hydrogens (primary N) is 1. The smallest absolute Gasteiger partial charge is 0.146 e. The zero-order valence-electron chi connectivity index (χ0n) is 13.1. The van der Waals surface area contributed by atoms with Crippen LogP contribution < -0.4 is 5.73 Å². The van der Waals surface area contributed by atoms with Crippen LogP contribution in [-0.4, -0.2) is 14.5 Å². The maximum Gasteiger partial charge on any atom is 0.146 e. The fraction of sp³-hybridized carbons (Fsp3) is 0.625. The van der Waals surface area contributed by atoms with Gasteiger partial charge in [-0.2, -0.15) is 0 Å². The molecule has 1 aliphatic rings. The highest BCUT2D eigenvalue weighted by atomic mass is 15.1.